The Labute approximate surface area is 133 Å². The second kappa shape index (κ2) is 18.0. The van der Waals surface area contributed by atoms with Gasteiger partial charge in [-0.25, -0.2) is 0 Å². The number of aliphatic hydroxyl groups is 2. The molecule has 0 fully saturated rings. The first kappa shape index (κ1) is 20.9. The van der Waals surface area contributed by atoms with Crippen LogP contribution in [0.1, 0.15) is 110 Å². The fourth-order valence-electron chi connectivity index (χ4n) is 2.86. The number of hydrogen-bond acceptors (Lipinski definition) is 2. The molecule has 0 aliphatic carbocycles. The maximum atomic E-state index is 9.88. The molecule has 0 aromatic heterocycles. The zero-order valence-electron chi connectivity index (χ0n) is 14.5. The van der Waals surface area contributed by atoms with Gasteiger partial charge in [-0.2, -0.15) is 0 Å². The zero-order valence-corrected chi connectivity index (χ0v) is 14.5. The first-order chi connectivity index (χ1) is 10.3. The van der Waals surface area contributed by atoms with E-state index in [2.05, 4.69) is 6.92 Å². The normalized spacial score (nSPS) is 12.7. The number of rotatable bonds is 17. The van der Waals surface area contributed by atoms with E-state index in [1.165, 1.54) is 64.2 Å². The average Bonchev–Trinajstić information content (AvgIpc) is 2.49. The Balaban J connectivity index is 3.09. The van der Waals surface area contributed by atoms with Crippen molar-refractivity contribution in [3.05, 3.63) is 0 Å². The van der Waals surface area contributed by atoms with Crippen molar-refractivity contribution < 1.29 is 10.2 Å². The molecule has 2 nitrogen and oxygen atoms in total. The number of unbranched alkanes of at least 4 members (excludes halogenated alkanes) is 12. The van der Waals surface area contributed by atoms with Gasteiger partial charge in [-0.15, -0.1) is 0 Å². The Kier molecular flexibility index (Phi) is 17.9. The van der Waals surface area contributed by atoms with E-state index in [1.54, 1.807) is 0 Å². The van der Waals surface area contributed by atoms with Crippen molar-refractivity contribution in [1.29, 1.82) is 0 Å². The van der Waals surface area contributed by atoms with Crippen molar-refractivity contribution in [2.75, 3.05) is 6.61 Å². The lowest BCUT2D eigenvalue weighted by atomic mass is 10.0. The quantitative estimate of drug-likeness (QED) is 0.343. The molecule has 0 heterocycles. The molecule has 0 bridgehead atoms. The summed E-state index contributed by atoms with van der Waals surface area (Å²) in [6, 6.07) is 0. The molecule has 21 heavy (non-hydrogen) atoms. The Hall–Kier alpha value is -0.0800. The van der Waals surface area contributed by atoms with Gasteiger partial charge < -0.3 is 10.2 Å². The highest BCUT2D eigenvalue weighted by atomic mass is 16.3. The molecular formula is C19H40O2. The highest BCUT2D eigenvalue weighted by molar-refractivity contribution is 4.57. The van der Waals surface area contributed by atoms with Crippen LogP contribution in [0.5, 0.6) is 0 Å². The standard InChI is InChI=1S/C19H40O2/c1-2-3-4-5-6-7-8-9-10-13-16-19(21)17-14-11-12-15-18-20/h19-21H,2-18H2,1H3. The van der Waals surface area contributed by atoms with Gasteiger partial charge in [-0.1, -0.05) is 90.4 Å². The summed E-state index contributed by atoms with van der Waals surface area (Å²) in [5.74, 6) is 0. The van der Waals surface area contributed by atoms with E-state index in [0.29, 0.717) is 6.61 Å². The largest absolute Gasteiger partial charge is 0.396 e. The lowest BCUT2D eigenvalue weighted by Crippen LogP contribution is -2.06. The smallest absolute Gasteiger partial charge is 0.0540 e. The number of aliphatic hydroxyl groups excluding tert-OH is 2. The Morgan fingerprint density at radius 3 is 1.38 bits per heavy atom. The summed E-state index contributed by atoms with van der Waals surface area (Å²) in [6.07, 6.45) is 19.7. The summed E-state index contributed by atoms with van der Waals surface area (Å²) in [5.41, 5.74) is 0. The molecule has 0 amide bonds. The third-order valence-corrected chi connectivity index (χ3v) is 4.34. The van der Waals surface area contributed by atoms with Gasteiger partial charge in [0.05, 0.1) is 6.10 Å². The summed E-state index contributed by atoms with van der Waals surface area (Å²) in [6.45, 7) is 2.57. The maximum absolute atomic E-state index is 9.88. The van der Waals surface area contributed by atoms with E-state index in [-0.39, 0.29) is 6.10 Å². The third-order valence-electron chi connectivity index (χ3n) is 4.34. The van der Waals surface area contributed by atoms with Crippen LogP contribution in [0.25, 0.3) is 0 Å². The van der Waals surface area contributed by atoms with Crippen LogP contribution in [-0.4, -0.2) is 22.9 Å². The predicted molar refractivity (Wildman–Crippen MR) is 92.6 cm³/mol. The van der Waals surface area contributed by atoms with E-state index in [0.717, 1.165) is 38.5 Å². The van der Waals surface area contributed by atoms with Crippen molar-refractivity contribution in [3.63, 3.8) is 0 Å². The van der Waals surface area contributed by atoms with E-state index in [1.807, 2.05) is 0 Å². The van der Waals surface area contributed by atoms with Crippen LogP contribution >= 0.6 is 0 Å². The lowest BCUT2D eigenvalue weighted by molar-refractivity contribution is 0.147. The minimum Gasteiger partial charge on any atom is -0.396 e. The van der Waals surface area contributed by atoms with Crippen molar-refractivity contribution in [2.45, 2.75) is 116 Å². The fourth-order valence-corrected chi connectivity index (χ4v) is 2.86. The second-order valence-electron chi connectivity index (χ2n) is 6.55. The second-order valence-corrected chi connectivity index (χ2v) is 6.55. The Bertz CT molecular complexity index is 182. The van der Waals surface area contributed by atoms with Crippen molar-refractivity contribution in [2.24, 2.45) is 0 Å². The van der Waals surface area contributed by atoms with Gasteiger partial charge in [0.15, 0.2) is 0 Å². The van der Waals surface area contributed by atoms with Gasteiger partial charge in [0, 0.05) is 6.61 Å². The van der Waals surface area contributed by atoms with Crippen LogP contribution in [0.3, 0.4) is 0 Å². The van der Waals surface area contributed by atoms with Gasteiger partial charge in [-0.3, -0.25) is 0 Å². The van der Waals surface area contributed by atoms with Gasteiger partial charge in [0.1, 0.15) is 0 Å². The van der Waals surface area contributed by atoms with Crippen LogP contribution < -0.4 is 0 Å². The highest BCUT2D eigenvalue weighted by Gasteiger charge is 2.03. The van der Waals surface area contributed by atoms with Crippen LogP contribution in [0.4, 0.5) is 0 Å². The Morgan fingerprint density at radius 2 is 0.952 bits per heavy atom. The predicted octanol–water partition coefficient (Wildman–Crippen LogP) is 5.60. The van der Waals surface area contributed by atoms with Gasteiger partial charge in [0.2, 0.25) is 0 Å². The monoisotopic (exact) mass is 300 g/mol. The van der Waals surface area contributed by atoms with Crippen LogP contribution in [0.2, 0.25) is 0 Å². The van der Waals surface area contributed by atoms with E-state index in [9.17, 15) is 5.11 Å². The first-order valence-corrected chi connectivity index (χ1v) is 9.60. The summed E-state index contributed by atoms with van der Waals surface area (Å²) >= 11 is 0. The van der Waals surface area contributed by atoms with Crippen LogP contribution in [-0.2, 0) is 0 Å². The SMILES string of the molecule is CCCCCCCCCCCCC(O)CCCCCCO. The molecule has 0 aliphatic heterocycles. The van der Waals surface area contributed by atoms with E-state index in [4.69, 9.17) is 5.11 Å². The summed E-state index contributed by atoms with van der Waals surface area (Å²) in [5, 5.41) is 18.6. The average molecular weight is 301 g/mol. The van der Waals surface area contributed by atoms with Gasteiger partial charge in [0.25, 0.3) is 0 Å². The first-order valence-electron chi connectivity index (χ1n) is 9.60. The van der Waals surface area contributed by atoms with Crippen molar-refractivity contribution in [3.8, 4) is 0 Å². The van der Waals surface area contributed by atoms with Crippen molar-refractivity contribution >= 4 is 0 Å². The third kappa shape index (κ3) is 17.9. The molecule has 0 aromatic carbocycles. The molecule has 0 radical (unpaired) electrons. The molecule has 0 aromatic rings. The molecule has 128 valence electrons. The maximum Gasteiger partial charge on any atom is 0.0540 e. The van der Waals surface area contributed by atoms with E-state index >= 15 is 0 Å². The number of hydrogen-bond donors (Lipinski definition) is 2. The molecule has 0 saturated carbocycles. The Morgan fingerprint density at radius 1 is 0.571 bits per heavy atom. The molecule has 0 saturated heterocycles. The highest BCUT2D eigenvalue weighted by Crippen LogP contribution is 2.14. The van der Waals surface area contributed by atoms with Crippen molar-refractivity contribution in [1.82, 2.24) is 0 Å². The zero-order chi connectivity index (χ0) is 15.6. The molecular weight excluding hydrogens is 260 g/mol. The summed E-state index contributed by atoms with van der Waals surface area (Å²) < 4.78 is 0. The molecule has 2 heteroatoms. The summed E-state index contributed by atoms with van der Waals surface area (Å²) in [7, 11) is 0. The minimum atomic E-state index is -0.0897. The molecule has 0 rings (SSSR count). The van der Waals surface area contributed by atoms with Gasteiger partial charge in [-0.05, 0) is 19.3 Å². The summed E-state index contributed by atoms with van der Waals surface area (Å²) in [4.78, 5) is 0. The molecule has 0 aliphatic rings. The topological polar surface area (TPSA) is 40.5 Å². The lowest BCUT2D eigenvalue weighted by Gasteiger charge is -2.10. The van der Waals surface area contributed by atoms with Crippen LogP contribution in [0.15, 0.2) is 0 Å². The molecule has 1 unspecified atom stereocenters. The molecule has 2 N–H and O–H groups in total. The molecule has 1 atom stereocenters. The minimum absolute atomic E-state index is 0.0897. The van der Waals surface area contributed by atoms with Gasteiger partial charge >= 0.3 is 0 Å². The molecule has 0 spiro atoms. The fraction of sp³-hybridized carbons (Fsp3) is 1.00. The van der Waals surface area contributed by atoms with Crippen LogP contribution in [0, 0.1) is 0 Å². The van der Waals surface area contributed by atoms with E-state index < -0.39 is 0 Å².